The Morgan fingerprint density at radius 2 is 1.83 bits per heavy atom. The number of carbonyl (C=O) groups is 1. The summed E-state index contributed by atoms with van der Waals surface area (Å²) in [5.41, 5.74) is -0.277. The van der Waals surface area contributed by atoms with Gasteiger partial charge in [-0.2, -0.15) is 0 Å². The van der Waals surface area contributed by atoms with Crippen LogP contribution in [-0.4, -0.2) is 29.2 Å². The Hall–Kier alpha value is -2.47. The van der Waals surface area contributed by atoms with Crippen molar-refractivity contribution in [2.75, 3.05) is 13.1 Å². The maximum atomic E-state index is 13.2. The molecule has 1 heterocycles. The van der Waals surface area contributed by atoms with Crippen LogP contribution in [-0.2, 0) is 16.9 Å². The number of ether oxygens (including phenoxy) is 1. The minimum atomic E-state index is -1.37. The number of amides is 1. The molecule has 2 aromatic rings. The highest BCUT2D eigenvalue weighted by atomic mass is 19.2. The molecular weight excluding hydrogens is 304 g/mol. The third-order valence-corrected chi connectivity index (χ3v) is 3.83. The molecule has 1 N–H and O–H groups in total. The summed E-state index contributed by atoms with van der Waals surface area (Å²) in [5.74, 6) is -2.00. The molecule has 0 aliphatic carbocycles. The third kappa shape index (κ3) is 3.17. The number of aliphatic hydroxyl groups is 1. The number of hydrogen-bond donors (Lipinski definition) is 1. The number of carbonyl (C=O) groups excluding carboxylic acids is 1. The van der Waals surface area contributed by atoms with Crippen LogP contribution >= 0.6 is 0 Å². The van der Waals surface area contributed by atoms with E-state index in [9.17, 15) is 18.7 Å². The molecule has 0 aromatic heterocycles. The first-order valence-corrected chi connectivity index (χ1v) is 7.11. The summed E-state index contributed by atoms with van der Waals surface area (Å²) in [4.78, 5) is 13.2. The Bertz CT molecular complexity index is 715. The van der Waals surface area contributed by atoms with Gasteiger partial charge in [-0.3, -0.25) is 0 Å². The molecule has 0 spiro atoms. The Labute approximate surface area is 131 Å². The van der Waals surface area contributed by atoms with Crippen molar-refractivity contribution in [2.45, 2.75) is 12.2 Å². The van der Waals surface area contributed by atoms with E-state index >= 15 is 0 Å². The van der Waals surface area contributed by atoms with Crippen LogP contribution in [0, 0.1) is 11.6 Å². The van der Waals surface area contributed by atoms with Crippen LogP contribution < -0.4 is 0 Å². The highest BCUT2D eigenvalue weighted by Crippen LogP contribution is 2.33. The van der Waals surface area contributed by atoms with E-state index in [1.807, 2.05) is 30.3 Å². The fraction of sp³-hybridized carbons (Fsp3) is 0.235. The monoisotopic (exact) mass is 319 g/mol. The van der Waals surface area contributed by atoms with Crippen LogP contribution in [0.4, 0.5) is 13.6 Å². The van der Waals surface area contributed by atoms with Crippen LogP contribution in [0.2, 0.25) is 0 Å². The van der Waals surface area contributed by atoms with Gasteiger partial charge in [0.05, 0.1) is 13.1 Å². The summed E-state index contributed by atoms with van der Waals surface area (Å²) in [6, 6.07) is 12.4. The molecule has 1 amide bonds. The van der Waals surface area contributed by atoms with E-state index in [0.717, 1.165) is 17.7 Å². The summed E-state index contributed by atoms with van der Waals surface area (Å²) in [5, 5.41) is 10.4. The van der Waals surface area contributed by atoms with E-state index in [-0.39, 0.29) is 25.3 Å². The average molecular weight is 319 g/mol. The molecular formula is C17H15F2NO3. The van der Waals surface area contributed by atoms with Gasteiger partial charge in [0.25, 0.3) is 0 Å². The Morgan fingerprint density at radius 1 is 1.13 bits per heavy atom. The van der Waals surface area contributed by atoms with Crippen molar-refractivity contribution in [2.24, 2.45) is 0 Å². The van der Waals surface area contributed by atoms with Gasteiger partial charge in [-0.25, -0.2) is 13.6 Å². The summed E-state index contributed by atoms with van der Waals surface area (Å²) in [6.45, 7) is 0.0944. The van der Waals surface area contributed by atoms with Gasteiger partial charge >= 0.3 is 6.09 Å². The van der Waals surface area contributed by atoms with Gasteiger partial charge < -0.3 is 14.7 Å². The minimum absolute atomic E-state index is 0.0221. The Morgan fingerprint density at radius 3 is 2.48 bits per heavy atom. The molecule has 1 aliphatic rings. The summed E-state index contributed by atoms with van der Waals surface area (Å²) < 4.78 is 31.3. The largest absolute Gasteiger partial charge is 0.445 e. The van der Waals surface area contributed by atoms with Gasteiger partial charge in [0, 0.05) is 0 Å². The second kappa shape index (κ2) is 5.96. The lowest BCUT2D eigenvalue weighted by Gasteiger charge is -2.45. The second-order valence-electron chi connectivity index (χ2n) is 5.56. The molecule has 6 heteroatoms. The molecule has 0 unspecified atom stereocenters. The van der Waals surface area contributed by atoms with Crippen LogP contribution in [0.25, 0.3) is 0 Å². The summed E-state index contributed by atoms with van der Waals surface area (Å²) >= 11 is 0. The first-order valence-electron chi connectivity index (χ1n) is 7.11. The Balaban J connectivity index is 1.57. The normalized spacial score (nSPS) is 15.9. The molecule has 1 aliphatic heterocycles. The molecule has 0 saturated carbocycles. The Kier molecular flexibility index (Phi) is 4.00. The molecule has 1 fully saturated rings. The second-order valence-corrected chi connectivity index (χ2v) is 5.56. The number of benzene rings is 2. The van der Waals surface area contributed by atoms with E-state index in [1.165, 1.54) is 11.0 Å². The highest BCUT2D eigenvalue weighted by Gasteiger charge is 2.46. The molecule has 23 heavy (non-hydrogen) atoms. The van der Waals surface area contributed by atoms with E-state index in [1.54, 1.807) is 0 Å². The lowest BCUT2D eigenvalue weighted by Crippen LogP contribution is -2.61. The molecule has 0 radical (unpaired) electrons. The average Bonchev–Trinajstić information content (AvgIpc) is 2.53. The fourth-order valence-electron chi connectivity index (χ4n) is 2.49. The van der Waals surface area contributed by atoms with Gasteiger partial charge in [-0.05, 0) is 23.3 Å². The van der Waals surface area contributed by atoms with Crippen molar-refractivity contribution >= 4 is 6.09 Å². The lowest BCUT2D eigenvalue weighted by molar-refractivity contribution is -0.0951. The van der Waals surface area contributed by atoms with Crippen molar-refractivity contribution in [3.8, 4) is 0 Å². The van der Waals surface area contributed by atoms with E-state index in [2.05, 4.69) is 0 Å². The zero-order valence-corrected chi connectivity index (χ0v) is 12.2. The minimum Gasteiger partial charge on any atom is -0.445 e. The smallest absolute Gasteiger partial charge is 0.410 e. The lowest BCUT2D eigenvalue weighted by atomic mass is 9.86. The van der Waals surface area contributed by atoms with Crippen LogP contribution in [0.5, 0.6) is 0 Å². The molecule has 2 aromatic carbocycles. The van der Waals surface area contributed by atoms with Gasteiger partial charge in [-0.15, -0.1) is 0 Å². The quantitative estimate of drug-likeness (QED) is 0.946. The predicted molar refractivity (Wildman–Crippen MR) is 78.5 cm³/mol. The molecule has 3 rings (SSSR count). The van der Waals surface area contributed by atoms with Crippen LogP contribution in [0.3, 0.4) is 0 Å². The standard InChI is InChI=1S/C17H15F2NO3/c18-14-7-6-13(8-15(14)19)17(22)10-20(11-17)16(21)23-9-12-4-2-1-3-5-12/h1-8,22H,9-11H2. The summed E-state index contributed by atoms with van der Waals surface area (Å²) in [7, 11) is 0. The summed E-state index contributed by atoms with van der Waals surface area (Å²) in [6.07, 6.45) is -0.555. The van der Waals surface area contributed by atoms with Crippen LogP contribution in [0.1, 0.15) is 11.1 Å². The number of likely N-dealkylation sites (tertiary alicyclic amines) is 1. The third-order valence-electron chi connectivity index (χ3n) is 3.83. The van der Waals surface area contributed by atoms with Gasteiger partial charge in [0.1, 0.15) is 12.2 Å². The van der Waals surface area contributed by atoms with Crippen molar-refractivity contribution < 1.29 is 23.4 Å². The SMILES string of the molecule is O=C(OCc1ccccc1)N1CC(O)(c2ccc(F)c(F)c2)C1. The maximum Gasteiger partial charge on any atom is 0.410 e. The number of β-amino-alcohol motifs (C(OH)–C–C–N with tert-alkyl or cyclic N) is 1. The van der Waals surface area contributed by atoms with Gasteiger partial charge in [0.2, 0.25) is 0 Å². The molecule has 0 atom stereocenters. The maximum absolute atomic E-state index is 13.2. The molecule has 4 nitrogen and oxygen atoms in total. The van der Waals surface area contributed by atoms with Crippen molar-refractivity contribution in [3.63, 3.8) is 0 Å². The zero-order valence-electron chi connectivity index (χ0n) is 12.2. The predicted octanol–water partition coefficient (Wildman–Crippen LogP) is 2.80. The fourth-order valence-corrected chi connectivity index (χ4v) is 2.49. The molecule has 0 bridgehead atoms. The van der Waals surface area contributed by atoms with Crippen molar-refractivity contribution in [1.29, 1.82) is 0 Å². The zero-order chi connectivity index (χ0) is 16.4. The van der Waals surface area contributed by atoms with E-state index in [0.29, 0.717) is 0 Å². The van der Waals surface area contributed by atoms with Crippen LogP contribution in [0.15, 0.2) is 48.5 Å². The highest BCUT2D eigenvalue weighted by molar-refractivity contribution is 5.69. The van der Waals surface area contributed by atoms with E-state index in [4.69, 9.17) is 4.74 Å². The number of nitrogens with zero attached hydrogens (tertiary/aromatic N) is 1. The first kappa shape index (κ1) is 15.4. The topological polar surface area (TPSA) is 49.8 Å². The first-order chi connectivity index (χ1) is 11.0. The van der Waals surface area contributed by atoms with Gasteiger partial charge in [0.15, 0.2) is 11.6 Å². The van der Waals surface area contributed by atoms with Gasteiger partial charge in [-0.1, -0.05) is 36.4 Å². The number of halogens is 2. The number of rotatable bonds is 3. The molecule has 120 valence electrons. The van der Waals surface area contributed by atoms with Crippen molar-refractivity contribution in [1.82, 2.24) is 4.90 Å². The number of hydrogen-bond acceptors (Lipinski definition) is 3. The molecule has 1 saturated heterocycles. The van der Waals surface area contributed by atoms with E-state index < -0.39 is 23.3 Å². The van der Waals surface area contributed by atoms with Crippen molar-refractivity contribution in [3.05, 3.63) is 71.3 Å².